The standard InChI is InChI=1S/C26H27N7O3/c1-16-10-23(31-36-16)25-29-28-24-21-6-4-5-7-22(21)26(30-33(24)25)34-15-20-9-8-19(11-27-20)14-32-12-17(2)35-18(3)13-32/h4-11,17-18H,12-15H2,1-3H3/t17-,18+. The van der Waals surface area contributed by atoms with Gasteiger partial charge in [-0.25, -0.2) is 0 Å². The summed E-state index contributed by atoms with van der Waals surface area (Å²) in [5, 5.41) is 19.2. The fourth-order valence-electron chi connectivity index (χ4n) is 4.74. The monoisotopic (exact) mass is 485 g/mol. The molecule has 10 heteroatoms. The zero-order valence-electron chi connectivity index (χ0n) is 20.5. The Morgan fingerprint density at radius 2 is 1.83 bits per heavy atom. The van der Waals surface area contributed by atoms with Crippen LogP contribution < -0.4 is 4.74 Å². The zero-order valence-corrected chi connectivity index (χ0v) is 20.5. The molecular weight excluding hydrogens is 458 g/mol. The lowest BCUT2D eigenvalue weighted by atomic mass is 10.2. The predicted octanol–water partition coefficient (Wildman–Crippen LogP) is 3.82. The first-order valence-corrected chi connectivity index (χ1v) is 12.1. The molecule has 1 aromatic carbocycles. The van der Waals surface area contributed by atoms with E-state index in [9.17, 15) is 0 Å². The first-order chi connectivity index (χ1) is 17.5. The van der Waals surface area contributed by atoms with Crippen LogP contribution in [0.5, 0.6) is 5.88 Å². The summed E-state index contributed by atoms with van der Waals surface area (Å²) in [6.07, 6.45) is 2.41. The molecule has 36 heavy (non-hydrogen) atoms. The molecule has 1 aliphatic heterocycles. The number of aromatic nitrogens is 6. The lowest BCUT2D eigenvalue weighted by Gasteiger charge is -2.35. The molecule has 0 saturated carbocycles. The number of rotatable bonds is 6. The maximum atomic E-state index is 6.18. The van der Waals surface area contributed by atoms with E-state index in [4.69, 9.17) is 19.1 Å². The highest BCUT2D eigenvalue weighted by molar-refractivity contribution is 5.96. The van der Waals surface area contributed by atoms with Crippen LogP contribution >= 0.6 is 0 Å². The highest BCUT2D eigenvalue weighted by atomic mass is 16.5. The molecule has 1 aliphatic rings. The molecule has 4 aromatic heterocycles. The Kier molecular flexibility index (Phi) is 5.82. The molecule has 5 aromatic rings. The number of ether oxygens (including phenoxy) is 2. The summed E-state index contributed by atoms with van der Waals surface area (Å²) in [5.74, 6) is 1.65. The Labute approximate surface area is 207 Å². The number of morpholine rings is 1. The average Bonchev–Trinajstić information content (AvgIpc) is 3.49. The minimum absolute atomic E-state index is 0.244. The van der Waals surface area contributed by atoms with Crippen molar-refractivity contribution in [3.63, 3.8) is 0 Å². The molecular formula is C26H27N7O3. The van der Waals surface area contributed by atoms with Gasteiger partial charge in [-0.05, 0) is 38.5 Å². The average molecular weight is 486 g/mol. The number of hydrogen-bond acceptors (Lipinski definition) is 9. The molecule has 0 N–H and O–H groups in total. The van der Waals surface area contributed by atoms with Gasteiger partial charge in [-0.2, -0.15) is 4.52 Å². The van der Waals surface area contributed by atoms with Crippen LogP contribution in [-0.2, 0) is 17.9 Å². The van der Waals surface area contributed by atoms with Crippen LogP contribution in [0.3, 0.4) is 0 Å². The molecule has 10 nitrogen and oxygen atoms in total. The number of hydrogen-bond donors (Lipinski definition) is 0. The molecule has 5 heterocycles. The van der Waals surface area contributed by atoms with Crippen molar-refractivity contribution in [3.8, 4) is 17.4 Å². The first-order valence-electron chi connectivity index (χ1n) is 12.1. The topological polar surface area (TPSA) is 104 Å². The summed E-state index contributed by atoms with van der Waals surface area (Å²) in [6, 6.07) is 13.8. The minimum Gasteiger partial charge on any atom is -0.470 e. The number of pyridine rings is 1. The quantitative estimate of drug-likeness (QED) is 0.355. The second-order valence-electron chi connectivity index (χ2n) is 9.33. The van der Waals surface area contributed by atoms with Gasteiger partial charge in [-0.3, -0.25) is 9.88 Å². The van der Waals surface area contributed by atoms with Crippen LogP contribution in [-0.4, -0.2) is 60.1 Å². The largest absolute Gasteiger partial charge is 0.470 e. The molecule has 1 fully saturated rings. The van der Waals surface area contributed by atoms with E-state index in [1.165, 1.54) is 5.56 Å². The summed E-state index contributed by atoms with van der Waals surface area (Å²) in [6.45, 7) is 9.06. The van der Waals surface area contributed by atoms with Gasteiger partial charge in [0.1, 0.15) is 12.4 Å². The number of benzene rings is 1. The zero-order chi connectivity index (χ0) is 24.6. The molecule has 0 amide bonds. The van der Waals surface area contributed by atoms with E-state index in [-0.39, 0.29) is 18.8 Å². The second kappa shape index (κ2) is 9.29. The van der Waals surface area contributed by atoms with Gasteiger partial charge in [0.05, 0.1) is 17.9 Å². The molecule has 2 atom stereocenters. The lowest BCUT2D eigenvalue weighted by molar-refractivity contribution is -0.0705. The van der Waals surface area contributed by atoms with Crippen LogP contribution in [0.2, 0.25) is 0 Å². The predicted molar refractivity (Wildman–Crippen MR) is 132 cm³/mol. The summed E-state index contributed by atoms with van der Waals surface area (Å²) in [7, 11) is 0. The van der Waals surface area contributed by atoms with E-state index in [1.807, 2.05) is 43.5 Å². The van der Waals surface area contributed by atoms with Gasteiger partial charge in [-0.1, -0.05) is 29.4 Å². The third-order valence-electron chi connectivity index (χ3n) is 6.23. The van der Waals surface area contributed by atoms with Gasteiger partial charge < -0.3 is 14.0 Å². The van der Waals surface area contributed by atoms with Gasteiger partial charge in [-0.15, -0.1) is 15.3 Å². The van der Waals surface area contributed by atoms with Crippen molar-refractivity contribution in [3.05, 3.63) is 65.7 Å². The number of aryl methyl sites for hydroxylation is 1. The van der Waals surface area contributed by atoms with E-state index in [1.54, 1.807) is 10.6 Å². The molecule has 0 bridgehead atoms. The van der Waals surface area contributed by atoms with Gasteiger partial charge in [0, 0.05) is 42.7 Å². The first kappa shape index (κ1) is 22.6. The van der Waals surface area contributed by atoms with E-state index in [2.05, 4.69) is 45.2 Å². The maximum absolute atomic E-state index is 6.18. The Balaban J connectivity index is 1.23. The normalized spacial score (nSPS) is 18.8. The van der Waals surface area contributed by atoms with Crippen molar-refractivity contribution in [2.75, 3.05) is 13.1 Å². The maximum Gasteiger partial charge on any atom is 0.240 e. The van der Waals surface area contributed by atoms with Crippen molar-refractivity contribution >= 4 is 16.4 Å². The van der Waals surface area contributed by atoms with E-state index in [0.29, 0.717) is 28.8 Å². The highest BCUT2D eigenvalue weighted by Gasteiger charge is 2.22. The number of fused-ring (bicyclic) bond motifs is 3. The Morgan fingerprint density at radius 1 is 1.03 bits per heavy atom. The van der Waals surface area contributed by atoms with Crippen molar-refractivity contribution in [1.82, 2.24) is 34.9 Å². The lowest BCUT2D eigenvalue weighted by Crippen LogP contribution is -2.44. The highest BCUT2D eigenvalue weighted by Crippen LogP contribution is 2.29. The van der Waals surface area contributed by atoms with Gasteiger partial charge in [0.15, 0.2) is 11.3 Å². The molecule has 0 unspecified atom stereocenters. The molecule has 6 rings (SSSR count). The SMILES string of the molecule is Cc1cc(-c2nnc3c4ccccc4c(OCc4ccc(CN5C[C@@H](C)O[C@@H](C)C5)cn4)nn23)no1. The van der Waals surface area contributed by atoms with Crippen LogP contribution in [0, 0.1) is 6.92 Å². The van der Waals surface area contributed by atoms with Crippen molar-refractivity contribution in [2.45, 2.75) is 46.1 Å². The fourth-order valence-corrected chi connectivity index (χ4v) is 4.74. The van der Waals surface area contributed by atoms with E-state index in [0.717, 1.165) is 36.1 Å². The third kappa shape index (κ3) is 4.40. The van der Waals surface area contributed by atoms with E-state index < -0.39 is 0 Å². The fraction of sp³-hybridized carbons (Fsp3) is 0.346. The number of nitrogens with zero attached hydrogens (tertiary/aromatic N) is 7. The molecule has 0 radical (unpaired) electrons. The summed E-state index contributed by atoms with van der Waals surface area (Å²) < 4.78 is 18.9. The smallest absolute Gasteiger partial charge is 0.240 e. The van der Waals surface area contributed by atoms with Crippen molar-refractivity contribution in [2.24, 2.45) is 0 Å². The Morgan fingerprint density at radius 3 is 2.56 bits per heavy atom. The summed E-state index contributed by atoms with van der Waals surface area (Å²) in [4.78, 5) is 7.04. The van der Waals surface area contributed by atoms with Crippen molar-refractivity contribution in [1.29, 1.82) is 0 Å². The van der Waals surface area contributed by atoms with Gasteiger partial charge >= 0.3 is 0 Å². The minimum atomic E-state index is 0.244. The van der Waals surface area contributed by atoms with Gasteiger partial charge in [0.2, 0.25) is 11.7 Å². The third-order valence-corrected chi connectivity index (χ3v) is 6.23. The van der Waals surface area contributed by atoms with Gasteiger partial charge in [0.25, 0.3) is 0 Å². The molecule has 0 aliphatic carbocycles. The summed E-state index contributed by atoms with van der Waals surface area (Å²) in [5.41, 5.74) is 3.18. The molecule has 0 spiro atoms. The van der Waals surface area contributed by atoms with Crippen molar-refractivity contribution < 1.29 is 14.0 Å². The van der Waals surface area contributed by atoms with Crippen LogP contribution in [0.25, 0.3) is 27.9 Å². The van der Waals surface area contributed by atoms with Crippen LogP contribution in [0.4, 0.5) is 0 Å². The Hall–Kier alpha value is -3.89. The van der Waals surface area contributed by atoms with Crippen LogP contribution in [0.1, 0.15) is 30.9 Å². The summed E-state index contributed by atoms with van der Waals surface area (Å²) >= 11 is 0. The Bertz CT molecular complexity index is 1500. The second-order valence-corrected chi connectivity index (χ2v) is 9.33. The molecule has 184 valence electrons. The molecule has 1 saturated heterocycles. The van der Waals surface area contributed by atoms with Crippen LogP contribution in [0.15, 0.2) is 53.2 Å². The van der Waals surface area contributed by atoms with E-state index >= 15 is 0 Å².